The lowest BCUT2D eigenvalue weighted by atomic mass is 9.93. The lowest BCUT2D eigenvalue weighted by molar-refractivity contribution is 0.227. The lowest BCUT2D eigenvalue weighted by Gasteiger charge is -2.19. The highest BCUT2D eigenvalue weighted by molar-refractivity contribution is 5.85. The van der Waals surface area contributed by atoms with E-state index < -0.39 is 0 Å². The summed E-state index contributed by atoms with van der Waals surface area (Å²) in [6, 6.07) is 6.77. The summed E-state index contributed by atoms with van der Waals surface area (Å²) in [5, 5.41) is 18.2. The highest BCUT2D eigenvalue weighted by Gasteiger charge is 2.23. The van der Waals surface area contributed by atoms with Gasteiger partial charge in [0.05, 0.1) is 13.2 Å². The maximum Gasteiger partial charge on any atom is 0.198 e. The molecule has 2 unspecified atom stereocenters. The average molecular weight is 352 g/mol. The zero-order valence-electron chi connectivity index (χ0n) is 12.1. The maximum absolute atomic E-state index is 9.11. The Bertz CT molecular complexity index is 508. The number of aromatic nitrogens is 1. The molecule has 2 aromatic rings. The van der Waals surface area contributed by atoms with Crippen molar-refractivity contribution in [1.82, 2.24) is 4.98 Å². The molecule has 22 heavy (non-hydrogen) atoms. The number of oxazole rings is 1. The van der Waals surface area contributed by atoms with Gasteiger partial charge in [0.25, 0.3) is 0 Å². The van der Waals surface area contributed by atoms with E-state index in [0.29, 0.717) is 24.3 Å². The second-order valence-electron chi connectivity index (χ2n) is 5.07. The second-order valence-corrected chi connectivity index (χ2v) is 5.07. The van der Waals surface area contributed by atoms with Crippen LogP contribution in [-0.2, 0) is 0 Å². The first kappa shape index (κ1) is 21.1. The number of rotatable bonds is 7. The summed E-state index contributed by atoms with van der Waals surface area (Å²) in [7, 11) is 0. The summed E-state index contributed by atoms with van der Waals surface area (Å²) in [5.41, 5.74) is 13.1. The number of hydrogen-bond acceptors (Lipinski definition) is 6. The third kappa shape index (κ3) is 5.39. The predicted octanol–water partition coefficient (Wildman–Crippen LogP) is 1.17. The van der Waals surface area contributed by atoms with Crippen LogP contribution >= 0.6 is 24.8 Å². The van der Waals surface area contributed by atoms with Crippen molar-refractivity contribution < 1.29 is 14.6 Å². The summed E-state index contributed by atoms with van der Waals surface area (Å²) >= 11 is 0. The van der Waals surface area contributed by atoms with Crippen molar-refractivity contribution in [3.8, 4) is 0 Å². The van der Waals surface area contributed by atoms with E-state index in [4.69, 9.17) is 26.1 Å². The standard InChI is InChI=1S/C14H21N3O3.2ClH/c15-10(7-18)5-9(6-11(16)8-19)14-17-12-3-1-2-4-13(12)20-14;;/h1-4,9-11,18-19H,5-8,15-16H2;2*1H. The van der Waals surface area contributed by atoms with Crippen molar-refractivity contribution in [2.45, 2.75) is 30.8 Å². The largest absolute Gasteiger partial charge is 0.440 e. The number of aliphatic hydroxyl groups excluding tert-OH is 2. The first-order chi connectivity index (χ1) is 9.63. The van der Waals surface area contributed by atoms with E-state index in [-0.39, 0.29) is 56.0 Å². The van der Waals surface area contributed by atoms with Gasteiger partial charge in [-0.25, -0.2) is 4.98 Å². The molecule has 1 heterocycles. The Morgan fingerprint density at radius 3 is 2.05 bits per heavy atom. The molecule has 0 fully saturated rings. The molecule has 0 aliphatic carbocycles. The number of halogens is 2. The van der Waals surface area contributed by atoms with Gasteiger partial charge in [0.15, 0.2) is 11.5 Å². The number of fused-ring (bicyclic) bond motifs is 1. The van der Waals surface area contributed by atoms with Crippen molar-refractivity contribution in [2.75, 3.05) is 13.2 Å². The van der Waals surface area contributed by atoms with E-state index in [2.05, 4.69) is 4.98 Å². The number of para-hydroxylation sites is 2. The van der Waals surface area contributed by atoms with E-state index in [1.807, 2.05) is 24.3 Å². The minimum atomic E-state index is -0.360. The van der Waals surface area contributed by atoms with Gasteiger partial charge in [0, 0.05) is 18.0 Å². The number of benzene rings is 1. The molecule has 8 heteroatoms. The minimum Gasteiger partial charge on any atom is -0.440 e. The van der Waals surface area contributed by atoms with Crippen molar-refractivity contribution in [3.05, 3.63) is 30.2 Å². The Balaban J connectivity index is 0.00000220. The Hall–Kier alpha value is -0.890. The molecule has 1 aromatic heterocycles. The van der Waals surface area contributed by atoms with Crippen molar-refractivity contribution in [2.24, 2.45) is 11.5 Å². The zero-order valence-corrected chi connectivity index (χ0v) is 13.7. The zero-order chi connectivity index (χ0) is 14.5. The Morgan fingerprint density at radius 2 is 1.55 bits per heavy atom. The molecule has 6 nitrogen and oxygen atoms in total. The van der Waals surface area contributed by atoms with E-state index in [1.165, 1.54) is 0 Å². The van der Waals surface area contributed by atoms with Crippen LogP contribution in [0, 0.1) is 0 Å². The lowest BCUT2D eigenvalue weighted by Crippen LogP contribution is -2.31. The molecule has 0 saturated heterocycles. The van der Waals surface area contributed by atoms with Gasteiger partial charge in [-0.05, 0) is 25.0 Å². The molecule has 0 aliphatic heterocycles. The van der Waals surface area contributed by atoms with E-state index >= 15 is 0 Å². The number of nitrogens with two attached hydrogens (primary N) is 2. The summed E-state index contributed by atoms with van der Waals surface area (Å²) in [6.45, 7) is -0.212. The van der Waals surface area contributed by atoms with Crippen LogP contribution in [0.4, 0.5) is 0 Å². The molecule has 0 amide bonds. The minimum absolute atomic E-state index is 0. The summed E-state index contributed by atoms with van der Waals surface area (Å²) < 4.78 is 5.74. The normalized spacial score (nSPS) is 14.7. The summed E-state index contributed by atoms with van der Waals surface area (Å²) in [4.78, 5) is 4.45. The fourth-order valence-electron chi connectivity index (χ4n) is 2.24. The Kier molecular flexibility index (Phi) is 9.59. The highest BCUT2D eigenvalue weighted by Crippen LogP contribution is 2.28. The van der Waals surface area contributed by atoms with Gasteiger partial charge in [-0.1, -0.05) is 12.1 Å². The van der Waals surface area contributed by atoms with Crippen LogP contribution in [0.3, 0.4) is 0 Å². The average Bonchev–Trinajstić information content (AvgIpc) is 2.90. The first-order valence-electron chi connectivity index (χ1n) is 6.72. The van der Waals surface area contributed by atoms with Crippen LogP contribution in [0.5, 0.6) is 0 Å². The van der Waals surface area contributed by atoms with Crippen LogP contribution in [0.25, 0.3) is 11.1 Å². The maximum atomic E-state index is 9.11. The Labute approximate surface area is 141 Å². The highest BCUT2D eigenvalue weighted by atomic mass is 35.5. The van der Waals surface area contributed by atoms with Crippen LogP contribution in [0.2, 0.25) is 0 Å². The molecular weight excluding hydrogens is 329 g/mol. The fourth-order valence-corrected chi connectivity index (χ4v) is 2.24. The topological polar surface area (TPSA) is 119 Å². The van der Waals surface area contributed by atoms with Gasteiger partial charge < -0.3 is 26.1 Å². The Morgan fingerprint density at radius 1 is 1.00 bits per heavy atom. The SMILES string of the molecule is Cl.Cl.NC(CO)CC(CC(N)CO)c1nc2ccccc2o1. The van der Waals surface area contributed by atoms with Crippen LogP contribution < -0.4 is 11.5 Å². The van der Waals surface area contributed by atoms with E-state index in [0.717, 1.165) is 5.52 Å². The van der Waals surface area contributed by atoms with Gasteiger partial charge in [0.1, 0.15) is 5.52 Å². The predicted molar refractivity (Wildman–Crippen MR) is 90.6 cm³/mol. The van der Waals surface area contributed by atoms with Gasteiger partial charge in [-0.2, -0.15) is 0 Å². The van der Waals surface area contributed by atoms with Crippen LogP contribution in [0.15, 0.2) is 28.7 Å². The molecule has 2 rings (SSSR count). The monoisotopic (exact) mass is 351 g/mol. The van der Waals surface area contributed by atoms with E-state index in [1.54, 1.807) is 0 Å². The van der Waals surface area contributed by atoms with Gasteiger partial charge in [0.2, 0.25) is 0 Å². The molecule has 6 N–H and O–H groups in total. The molecule has 2 atom stereocenters. The molecule has 0 bridgehead atoms. The molecule has 0 spiro atoms. The second kappa shape index (κ2) is 9.99. The van der Waals surface area contributed by atoms with Crippen molar-refractivity contribution in [3.63, 3.8) is 0 Å². The van der Waals surface area contributed by atoms with Crippen molar-refractivity contribution in [1.29, 1.82) is 0 Å². The van der Waals surface area contributed by atoms with Gasteiger partial charge in [-0.15, -0.1) is 24.8 Å². The number of nitrogens with zero attached hydrogens (tertiary/aromatic N) is 1. The summed E-state index contributed by atoms with van der Waals surface area (Å²) in [6.07, 6.45) is 1.02. The van der Waals surface area contributed by atoms with Crippen LogP contribution in [-0.4, -0.2) is 40.5 Å². The van der Waals surface area contributed by atoms with E-state index in [9.17, 15) is 0 Å². The van der Waals surface area contributed by atoms with Crippen LogP contribution in [0.1, 0.15) is 24.7 Å². The number of hydrogen-bond donors (Lipinski definition) is 4. The summed E-state index contributed by atoms with van der Waals surface area (Å²) in [5.74, 6) is 0.436. The molecule has 0 aliphatic rings. The molecular formula is C14H23Cl2N3O3. The molecule has 0 radical (unpaired) electrons. The quantitative estimate of drug-likeness (QED) is 0.594. The first-order valence-corrected chi connectivity index (χ1v) is 6.72. The van der Waals surface area contributed by atoms with Gasteiger partial charge >= 0.3 is 0 Å². The van der Waals surface area contributed by atoms with Gasteiger partial charge in [-0.3, -0.25) is 0 Å². The third-order valence-corrected chi connectivity index (χ3v) is 3.30. The number of aliphatic hydroxyl groups is 2. The smallest absolute Gasteiger partial charge is 0.198 e. The fraction of sp³-hybridized carbons (Fsp3) is 0.500. The molecule has 1 aromatic carbocycles. The molecule has 126 valence electrons. The third-order valence-electron chi connectivity index (χ3n) is 3.30. The van der Waals surface area contributed by atoms with Crippen molar-refractivity contribution >= 4 is 35.9 Å². The molecule has 0 saturated carbocycles.